The number of methoxy groups -OCH3 is 1. The molecule has 1 aliphatic heterocycles. The Balaban J connectivity index is 2.05. The van der Waals surface area contributed by atoms with E-state index in [2.05, 4.69) is 4.98 Å². The molecule has 0 saturated carbocycles. The Kier molecular flexibility index (Phi) is 2.82. The van der Waals surface area contributed by atoms with Crippen LogP contribution in [-0.2, 0) is 11.3 Å². The zero-order chi connectivity index (χ0) is 15.1. The van der Waals surface area contributed by atoms with Crippen molar-refractivity contribution < 1.29 is 14.3 Å². The Morgan fingerprint density at radius 1 is 1.18 bits per heavy atom. The van der Waals surface area contributed by atoms with Gasteiger partial charge in [-0.1, -0.05) is 18.2 Å². The lowest BCUT2D eigenvalue weighted by Gasteiger charge is -2.23. The van der Waals surface area contributed by atoms with Gasteiger partial charge in [0.25, 0.3) is 0 Å². The molecule has 0 unspecified atom stereocenters. The van der Waals surface area contributed by atoms with Crippen LogP contribution in [0, 0.1) is 0 Å². The zero-order valence-corrected chi connectivity index (χ0v) is 12.0. The predicted molar refractivity (Wildman–Crippen MR) is 82.9 cm³/mol. The molecule has 0 spiro atoms. The number of esters is 1. The summed E-state index contributed by atoms with van der Waals surface area (Å²) in [6.07, 6.45) is 1.77. The largest absolute Gasteiger partial charge is 0.488 e. The van der Waals surface area contributed by atoms with E-state index in [4.69, 9.17) is 9.47 Å². The Labute approximate surface area is 127 Å². The maximum Gasteiger partial charge on any atom is 0.338 e. The van der Waals surface area contributed by atoms with Crippen molar-refractivity contribution in [3.8, 4) is 16.9 Å². The standard InChI is InChI=1S/C18H13NO3/c1-21-18(20)13-4-2-6-16-17(13)12-7-8-15-11(5-3-9-19-15)14(12)10-22-16/h2-9H,10H2,1H3. The van der Waals surface area contributed by atoms with E-state index in [1.165, 1.54) is 7.11 Å². The number of nitrogens with zero attached hydrogens (tertiary/aromatic N) is 1. The quantitative estimate of drug-likeness (QED) is 0.643. The number of carbonyl (C=O) groups is 1. The Morgan fingerprint density at radius 2 is 2.09 bits per heavy atom. The highest BCUT2D eigenvalue weighted by molar-refractivity contribution is 6.02. The van der Waals surface area contributed by atoms with E-state index < -0.39 is 0 Å². The number of benzene rings is 2. The SMILES string of the molecule is COC(=O)c1cccc2c1-c1ccc3ncccc3c1CO2. The van der Waals surface area contributed by atoms with Crippen LogP contribution in [0.5, 0.6) is 5.75 Å². The lowest BCUT2D eigenvalue weighted by atomic mass is 9.90. The van der Waals surface area contributed by atoms with Gasteiger partial charge >= 0.3 is 5.97 Å². The molecule has 3 aromatic rings. The number of rotatable bonds is 1. The summed E-state index contributed by atoms with van der Waals surface area (Å²) in [6.45, 7) is 0.468. The minimum atomic E-state index is -0.361. The molecule has 0 radical (unpaired) electrons. The zero-order valence-electron chi connectivity index (χ0n) is 12.0. The van der Waals surface area contributed by atoms with Crippen LogP contribution < -0.4 is 4.74 Å². The van der Waals surface area contributed by atoms with Crippen LogP contribution in [0.25, 0.3) is 22.0 Å². The van der Waals surface area contributed by atoms with Gasteiger partial charge in [0, 0.05) is 22.7 Å². The molecule has 4 rings (SSSR count). The van der Waals surface area contributed by atoms with Crippen molar-refractivity contribution in [2.45, 2.75) is 6.61 Å². The van der Waals surface area contributed by atoms with Gasteiger partial charge in [-0.05, 0) is 29.8 Å². The number of fused-ring (bicyclic) bond motifs is 5. The second-order valence-corrected chi connectivity index (χ2v) is 5.12. The summed E-state index contributed by atoms with van der Waals surface area (Å²) in [5.41, 5.74) is 4.28. The molecule has 0 aliphatic carbocycles. The second kappa shape index (κ2) is 4.84. The predicted octanol–water partition coefficient (Wildman–Crippen LogP) is 3.58. The molecule has 0 saturated heterocycles. The highest BCUT2D eigenvalue weighted by atomic mass is 16.5. The lowest BCUT2D eigenvalue weighted by molar-refractivity contribution is 0.0601. The number of aromatic nitrogens is 1. The summed E-state index contributed by atoms with van der Waals surface area (Å²) in [4.78, 5) is 16.4. The van der Waals surface area contributed by atoms with E-state index in [0.717, 1.165) is 27.6 Å². The van der Waals surface area contributed by atoms with Crippen molar-refractivity contribution in [1.82, 2.24) is 4.98 Å². The van der Waals surface area contributed by atoms with Crippen molar-refractivity contribution in [2.24, 2.45) is 0 Å². The number of hydrogen-bond acceptors (Lipinski definition) is 4. The van der Waals surface area contributed by atoms with E-state index in [1.807, 2.05) is 30.3 Å². The first-order chi connectivity index (χ1) is 10.8. The first kappa shape index (κ1) is 12.8. The van der Waals surface area contributed by atoms with Crippen molar-refractivity contribution in [2.75, 3.05) is 7.11 Å². The van der Waals surface area contributed by atoms with Gasteiger partial charge in [-0.3, -0.25) is 4.98 Å². The third-order valence-electron chi connectivity index (χ3n) is 3.97. The summed E-state index contributed by atoms with van der Waals surface area (Å²) in [7, 11) is 1.39. The average Bonchev–Trinajstić information content (AvgIpc) is 2.59. The second-order valence-electron chi connectivity index (χ2n) is 5.12. The average molecular weight is 291 g/mol. The van der Waals surface area contributed by atoms with E-state index in [1.54, 1.807) is 18.3 Å². The maximum absolute atomic E-state index is 12.1. The van der Waals surface area contributed by atoms with Gasteiger partial charge in [0.1, 0.15) is 12.4 Å². The molecule has 1 aromatic heterocycles. The van der Waals surface area contributed by atoms with Crippen LogP contribution in [0.3, 0.4) is 0 Å². The summed E-state index contributed by atoms with van der Waals surface area (Å²) in [6, 6.07) is 13.3. The van der Waals surface area contributed by atoms with Crippen molar-refractivity contribution in [3.05, 3.63) is 59.8 Å². The molecule has 0 amide bonds. The molecule has 0 atom stereocenters. The molecule has 4 heteroatoms. The normalized spacial score (nSPS) is 12.2. The van der Waals surface area contributed by atoms with Crippen LogP contribution >= 0.6 is 0 Å². The summed E-state index contributed by atoms with van der Waals surface area (Å²) in [5.74, 6) is 0.346. The Bertz CT molecular complexity index is 902. The summed E-state index contributed by atoms with van der Waals surface area (Å²) < 4.78 is 10.8. The molecule has 2 heterocycles. The molecular weight excluding hydrogens is 278 g/mol. The minimum Gasteiger partial charge on any atom is -0.488 e. The molecule has 0 fully saturated rings. The molecular formula is C18H13NO3. The fourth-order valence-corrected chi connectivity index (χ4v) is 2.96. The van der Waals surface area contributed by atoms with Gasteiger partial charge in [0.15, 0.2) is 0 Å². The molecule has 0 N–H and O–H groups in total. The molecule has 2 aromatic carbocycles. The molecule has 0 bridgehead atoms. The monoisotopic (exact) mass is 291 g/mol. The van der Waals surface area contributed by atoms with Crippen LogP contribution in [0.1, 0.15) is 15.9 Å². The Morgan fingerprint density at radius 3 is 2.95 bits per heavy atom. The van der Waals surface area contributed by atoms with Gasteiger partial charge < -0.3 is 9.47 Å². The fraction of sp³-hybridized carbons (Fsp3) is 0.111. The van der Waals surface area contributed by atoms with E-state index in [-0.39, 0.29) is 5.97 Å². The fourth-order valence-electron chi connectivity index (χ4n) is 2.96. The number of ether oxygens (including phenoxy) is 2. The highest BCUT2D eigenvalue weighted by Gasteiger charge is 2.25. The minimum absolute atomic E-state index is 0.361. The number of pyridine rings is 1. The number of carbonyl (C=O) groups excluding carboxylic acids is 1. The first-order valence-electron chi connectivity index (χ1n) is 7.00. The summed E-state index contributed by atoms with van der Waals surface area (Å²) >= 11 is 0. The molecule has 22 heavy (non-hydrogen) atoms. The highest BCUT2D eigenvalue weighted by Crippen LogP contribution is 2.42. The van der Waals surface area contributed by atoms with Crippen LogP contribution in [0.15, 0.2) is 48.7 Å². The van der Waals surface area contributed by atoms with Crippen LogP contribution in [0.2, 0.25) is 0 Å². The van der Waals surface area contributed by atoms with Crippen LogP contribution in [-0.4, -0.2) is 18.1 Å². The first-order valence-corrected chi connectivity index (χ1v) is 7.00. The third-order valence-corrected chi connectivity index (χ3v) is 3.97. The van der Waals surface area contributed by atoms with Crippen molar-refractivity contribution in [1.29, 1.82) is 0 Å². The number of hydrogen-bond donors (Lipinski definition) is 0. The molecule has 108 valence electrons. The Hall–Kier alpha value is -2.88. The van der Waals surface area contributed by atoms with E-state index in [9.17, 15) is 4.79 Å². The van der Waals surface area contributed by atoms with Gasteiger partial charge in [0.05, 0.1) is 18.2 Å². The topological polar surface area (TPSA) is 48.4 Å². The summed E-state index contributed by atoms with van der Waals surface area (Å²) in [5, 5.41) is 1.05. The van der Waals surface area contributed by atoms with E-state index >= 15 is 0 Å². The van der Waals surface area contributed by atoms with Crippen LogP contribution in [0.4, 0.5) is 0 Å². The van der Waals surface area contributed by atoms with Crippen molar-refractivity contribution >= 4 is 16.9 Å². The van der Waals surface area contributed by atoms with Gasteiger partial charge in [0.2, 0.25) is 0 Å². The molecule has 1 aliphatic rings. The van der Waals surface area contributed by atoms with Gasteiger partial charge in [-0.25, -0.2) is 4.79 Å². The van der Waals surface area contributed by atoms with E-state index in [0.29, 0.717) is 17.9 Å². The van der Waals surface area contributed by atoms with Gasteiger partial charge in [-0.2, -0.15) is 0 Å². The maximum atomic E-state index is 12.1. The van der Waals surface area contributed by atoms with Crippen molar-refractivity contribution in [3.63, 3.8) is 0 Å². The van der Waals surface area contributed by atoms with Gasteiger partial charge in [-0.15, -0.1) is 0 Å². The third kappa shape index (κ3) is 1.77. The molecule has 4 nitrogen and oxygen atoms in total. The smallest absolute Gasteiger partial charge is 0.338 e. The lowest BCUT2D eigenvalue weighted by Crippen LogP contribution is -2.11.